The number of rotatable bonds is 8. The van der Waals surface area contributed by atoms with E-state index < -0.39 is 6.17 Å². The van der Waals surface area contributed by atoms with Gasteiger partial charge in [-0.15, -0.1) is 0 Å². The fourth-order valence-corrected chi connectivity index (χ4v) is 4.40. The average molecular weight is 530 g/mol. The lowest BCUT2D eigenvalue weighted by atomic mass is 10.1. The van der Waals surface area contributed by atoms with Gasteiger partial charge in [-0.2, -0.15) is 4.98 Å². The van der Waals surface area contributed by atoms with Crippen molar-refractivity contribution < 1.29 is 18.7 Å². The third kappa shape index (κ3) is 7.53. The lowest BCUT2D eigenvalue weighted by molar-refractivity contribution is -0.111. The van der Waals surface area contributed by atoms with Crippen LogP contribution in [0, 0.1) is 5.92 Å². The zero-order valence-corrected chi connectivity index (χ0v) is 21.3. The number of nitrogens with one attached hydrogen (secondary N) is 1. The molecule has 10 nitrogen and oxygen atoms in total. The number of methoxy groups -OCH3 is 1. The van der Waals surface area contributed by atoms with E-state index in [4.69, 9.17) is 16.3 Å². The molecule has 37 heavy (non-hydrogen) atoms. The van der Waals surface area contributed by atoms with Gasteiger partial charge in [-0.05, 0) is 37.9 Å². The molecule has 0 saturated carbocycles. The van der Waals surface area contributed by atoms with Crippen LogP contribution < -0.4 is 10.1 Å². The molecule has 2 amide bonds. The summed E-state index contributed by atoms with van der Waals surface area (Å²) >= 11 is 5.93. The number of pyridine rings is 1. The maximum atomic E-state index is 13.5. The molecule has 2 fully saturated rings. The first-order valence-corrected chi connectivity index (χ1v) is 12.5. The van der Waals surface area contributed by atoms with Gasteiger partial charge in [0.15, 0.2) is 0 Å². The SMILES string of the molecule is COc1nc(N=CC2CCN(C(=O)c3ccc(NC(=O)/C=C/CN4CCC[C@H](F)C4)cn3)C2)ncc1Cl. The van der Waals surface area contributed by atoms with Gasteiger partial charge in [-0.1, -0.05) is 17.7 Å². The summed E-state index contributed by atoms with van der Waals surface area (Å²) in [6, 6.07) is 3.23. The number of carbonyl (C=O) groups is 2. The fraction of sp³-hybridized carbons (Fsp3) is 0.440. The summed E-state index contributed by atoms with van der Waals surface area (Å²) in [5.41, 5.74) is 0.778. The summed E-state index contributed by atoms with van der Waals surface area (Å²) in [5.74, 6) is 0.0484. The number of ether oxygens (including phenoxy) is 1. The Kier molecular flexibility index (Phi) is 9.13. The Hall–Kier alpha value is -3.44. The predicted octanol–water partition coefficient (Wildman–Crippen LogP) is 3.33. The zero-order chi connectivity index (χ0) is 26.2. The van der Waals surface area contributed by atoms with Gasteiger partial charge >= 0.3 is 0 Å². The van der Waals surface area contributed by atoms with E-state index in [0.29, 0.717) is 49.0 Å². The Morgan fingerprint density at radius 1 is 1.24 bits per heavy atom. The number of anilines is 1. The van der Waals surface area contributed by atoms with Gasteiger partial charge in [-0.25, -0.2) is 19.4 Å². The standard InChI is InChI=1S/C25H29ClFN7O3/c1-37-23-20(26)14-30-25(32-23)29-12-17-8-11-34(15-17)24(36)21-7-6-19(13-28-21)31-22(35)5-3-10-33-9-2-4-18(27)16-33/h3,5-7,12-14,17-18H,2,4,8-11,15-16H2,1H3,(H,31,35)/b5-3+,29-12?/t17?,18-/m0/s1. The van der Waals surface area contributed by atoms with Gasteiger partial charge in [-0.3, -0.25) is 14.5 Å². The van der Waals surface area contributed by atoms with Crippen molar-refractivity contribution in [2.75, 3.05) is 45.2 Å². The monoisotopic (exact) mass is 529 g/mol. The molecule has 12 heteroatoms. The summed E-state index contributed by atoms with van der Waals surface area (Å²) in [6.07, 6.45) is 9.16. The number of amides is 2. The Balaban J connectivity index is 1.24. The number of carbonyl (C=O) groups excluding carboxylic acids is 2. The van der Waals surface area contributed by atoms with Gasteiger partial charge in [0.25, 0.3) is 11.9 Å². The molecule has 0 spiro atoms. The molecular formula is C25H29ClFN7O3. The Morgan fingerprint density at radius 3 is 2.86 bits per heavy atom. The van der Waals surface area contributed by atoms with E-state index in [1.165, 1.54) is 25.6 Å². The molecule has 1 unspecified atom stereocenters. The summed E-state index contributed by atoms with van der Waals surface area (Å²) in [5, 5.41) is 3.03. The summed E-state index contributed by atoms with van der Waals surface area (Å²) in [4.78, 5) is 45.4. The zero-order valence-electron chi connectivity index (χ0n) is 20.5. The second kappa shape index (κ2) is 12.7. The third-order valence-electron chi connectivity index (χ3n) is 6.14. The molecular weight excluding hydrogens is 501 g/mol. The molecule has 0 bridgehead atoms. The van der Waals surface area contributed by atoms with Crippen LogP contribution >= 0.6 is 11.6 Å². The third-order valence-corrected chi connectivity index (χ3v) is 6.40. The van der Waals surface area contributed by atoms with Crippen LogP contribution in [-0.4, -0.2) is 88.8 Å². The predicted molar refractivity (Wildman–Crippen MR) is 138 cm³/mol. The number of piperidine rings is 1. The van der Waals surface area contributed by atoms with E-state index in [1.54, 1.807) is 29.3 Å². The highest BCUT2D eigenvalue weighted by atomic mass is 35.5. The first kappa shape index (κ1) is 26.6. The normalized spacial score (nSPS) is 20.6. The highest BCUT2D eigenvalue weighted by molar-refractivity contribution is 6.31. The number of alkyl halides is 1. The molecule has 2 saturated heterocycles. The van der Waals surface area contributed by atoms with Crippen molar-refractivity contribution in [3.63, 3.8) is 0 Å². The minimum absolute atomic E-state index is 0.0558. The maximum absolute atomic E-state index is 13.5. The second-order valence-corrected chi connectivity index (χ2v) is 9.34. The average Bonchev–Trinajstić information content (AvgIpc) is 3.37. The van der Waals surface area contributed by atoms with Crippen LogP contribution in [0.5, 0.6) is 5.88 Å². The maximum Gasteiger partial charge on any atom is 0.272 e. The summed E-state index contributed by atoms with van der Waals surface area (Å²) in [6.45, 7) is 2.84. The number of likely N-dealkylation sites (tertiary alicyclic amines) is 2. The Bertz CT molecular complexity index is 1160. The molecule has 0 aliphatic carbocycles. The van der Waals surface area contributed by atoms with Crippen molar-refractivity contribution in [3.05, 3.63) is 47.4 Å². The molecule has 4 rings (SSSR count). The number of aliphatic imine (C=N–C) groups is 1. The molecule has 2 aromatic rings. The highest BCUT2D eigenvalue weighted by Crippen LogP contribution is 2.23. The van der Waals surface area contributed by atoms with E-state index >= 15 is 0 Å². The number of nitrogens with zero attached hydrogens (tertiary/aromatic N) is 6. The lowest BCUT2D eigenvalue weighted by Gasteiger charge is -2.27. The first-order valence-electron chi connectivity index (χ1n) is 12.1. The van der Waals surface area contributed by atoms with Gasteiger partial charge in [0.1, 0.15) is 16.9 Å². The highest BCUT2D eigenvalue weighted by Gasteiger charge is 2.27. The first-order chi connectivity index (χ1) is 17.9. The molecule has 2 aliphatic heterocycles. The van der Waals surface area contributed by atoms with Crippen LogP contribution in [0.4, 0.5) is 16.0 Å². The second-order valence-electron chi connectivity index (χ2n) is 8.93. The largest absolute Gasteiger partial charge is 0.480 e. The van der Waals surface area contributed by atoms with Crippen LogP contribution in [0.15, 0.2) is 41.7 Å². The molecule has 196 valence electrons. The molecule has 2 aromatic heterocycles. The minimum Gasteiger partial charge on any atom is -0.480 e. The molecule has 2 atom stereocenters. The van der Waals surface area contributed by atoms with E-state index in [2.05, 4.69) is 25.3 Å². The fourth-order valence-electron chi connectivity index (χ4n) is 4.23. The van der Waals surface area contributed by atoms with Crippen LogP contribution in [0.3, 0.4) is 0 Å². The summed E-state index contributed by atoms with van der Waals surface area (Å²) in [7, 11) is 1.47. The number of hydrogen-bond acceptors (Lipinski definition) is 8. The molecule has 0 aromatic carbocycles. The molecule has 2 aliphatic rings. The van der Waals surface area contributed by atoms with Crippen LogP contribution in [-0.2, 0) is 4.79 Å². The van der Waals surface area contributed by atoms with Crippen molar-refractivity contribution in [1.82, 2.24) is 24.8 Å². The van der Waals surface area contributed by atoms with Crippen molar-refractivity contribution in [1.29, 1.82) is 0 Å². The molecule has 0 radical (unpaired) electrons. The number of hydrogen-bond donors (Lipinski definition) is 1. The number of halogens is 2. The Labute approximate surface area is 219 Å². The minimum atomic E-state index is -0.795. The Morgan fingerprint density at radius 2 is 2.11 bits per heavy atom. The molecule has 1 N–H and O–H groups in total. The van der Waals surface area contributed by atoms with Crippen molar-refractivity contribution >= 4 is 41.3 Å². The van der Waals surface area contributed by atoms with E-state index in [-0.39, 0.29) is 29.6 Å². The van der Waals surface area contributed by atoms with E-state index in [9.17, 15) is 14.0 Å². The van der Waals surface area contributed by atoms with E-state index in [1.807, 2.05) is 4.90 Å². The van der Waals surface area contributed by atoms with Crippen molar-refractivity contribution in [2.24, 2.45) is 10.9 Å². The number of aromatic nitrogens is 3. The van der Waals surface area contributed by atoms with Gasteiger partial charge in [0, 0.05) is 44.4 Å². The topological polar surface area (TPSA) is 113 Å². The quantitative estimate of drug-likeness (QED) is 0.412. The van der Waals surface area contributed by atoms with Crippen LogP contribution in [0.2, 0.25) is 5.02 Å². The van der Waals surface area contributed by atoms with Crippen molar-refractivity contribution in [2.45, 2.75) is 25.4 Å². The van der Waals surface area contributed by atoms with Gasteiger partial charge < -0.3 is 15.0 Å². The lowest BCUT2D eigenvalue weighted by Crippen LogP contribution is -2.36. The van der Waals surface area contributed by atoms with Crippen molar-refractivity contribution in [3.8, 4) is 5.88 Å². The van der Waals surface area contributed by atoms with Gasteiger partial charge in [0.2, 0.25) is 11.8 Å². The summed E-state index contributed by atoms with van der Waals surface area (Å²) < 4.78 is 18.5. The van der Waals surface area contributed by atoms with Crippen LogP contribution in [0.1, 0.15) is 29.8 Å². The van der Waals surface area contributed by atoms with E-state index in [0.717, 1.165) is 19.4 Å². The van der Waals surface area contributed by atoms with Gasteiger partial charge in [0.05, 0.1) is 25.2 Å². The van der Waals surface area contributed by atoms with Crippen LogP contribution in [0.25, 0.3) is 0 Å². The molecule has 4 heterocycles. The smallest absolute Gasteiger partial charge is 0.272 e.